The largest absolute Gasteiger partial charge is 0.496 e. The van der Waals surface area contributed by atoms with Crippen molar-refractivity contribution in [2.24, 2.45) is 0 Å². The Morgan fingerprint density at radius 3 is 2.56 bits per heavy atom. The van der Waals surface area contributed by atoms with Gasteiger partial charge in [-0.25, -0.2) is 0 Å². The number of aryl methyl sites for hydroxylation is 2. The topological polar surface area (TPSA) is 65.5 Å². The van der Waals surface area contributed by atoms with E-state index in [1.165, 1.54) is 7.11 Å². The SMILES string of the molecule is COc1cc(N)ccc1C(=O)c1cc(C)c(C)o1. The fraction of sp³-hybridized carbons (Fsp3) is 0.214. The molecular formula is C14H15NO3. The highest BCUT2D eigenvalue weighted by atomic mass is 16.5. The molecule has 2 N–H and O–H groups in total. The number of benzene rings is 1. The van der Waals surface area contributed by atoms with Gasteiger partial charge in [-0.05, 0) is 37.6 Å². The highest BCUT2D eigenvalue weighted by Crippen LogP contribution is 2.25. The molecule has 0 saturated carbocycles. The van der Waals surface area contributed by atoms with Crippen LogP contribution >= 0.6 is 0 Å². The molecule has 0 spiro atoms. The van der Waals surface area contributed by atoms with Crippen LogP contribution in [-0.4, -0.2) is 12.9 Å². The molecule has 0 bridgehead atoms. The van der Waals surface area contributed by atoms with Gasteiger partial charge in [0.05, 0.1) is 12.7 Å². The van der Waals surface area contributed by atoms with Gasteiger partial charge in [-0.2, -0.15) is 0 Å². The summed E-state index contributed by atoms with van der Waals surface area (Å²) in [6.45, 7) is 3.72. The summed E-state index contributed by atoms with van der Waals surface area (Å²) in [5.74, 6) is 1.30. The quantitative estimate of drug-likeness (QED) is 0.667. The molecule has 0 aliphatic rings. The molecule has 2 rings (SSSR count). The Morgan fingerprint density at radius 1 is 1.28 bits per heavy atom. The molecule has 0 saturated heterocycles. The second-order valence-electron chi connectivity index (χ2n) is 4.14. The number of hydrogen-bond donors (Lipinski definition) is 1. The maximum absolute atomic E-state index is 12.3. The van der Waals surface area contributed by atoms with Gasteiger partial charge in [0, 0.05) is 11.8 Å². The summed E-state index contributed by atoms with van der Waals surface area (Å²) in [7, 11) is 1.50. The minimum atomic E-state index is -0.206. The molecular weight excluding hydrogens is 230 g/mol. The van der Waals surface area contributed by atoms with E-state index in [4.69, 9.17) is 14.9 Å². The lowest BCUT2D eigenvalue weighted by Crippen LogP contribution is -2.03. The minimum absolute atomic E-state index is 0.206. The van der Waals surface area contributed by atoms with Gasteiger partial charge in [0.1, 0.15) is 11.5 Å². The van der Waals surface area contributed by atoms with Crippen LogP contribution in [0, 0.1) is 13.8 Å². The van der Waals surface area contributed by atoms with Crippen molar-refractivity contribution < 1.29 is 13.9 Å². The van der Waals surface area contributed by atoms with Crippen LogP contribution in [-0.2, 0) is 0 Å². The molecule has 0 unspecified atom stereocenters. The van der Waals surface area contributed by atoms with Crippen LogP contribution in [0.25, 0.3) is 0 Å². The molecule has 0 radical (unpaired) electrons. The number of ketones is 1. The maximum atomic E-state index is 12.3. The van der Waals surface area contributed by atoms with E-state index < -0.39 is 0 Å². The van der Waals surface area contributed by atoms with Crippen LogP contribution in [0.2, 0.25) is 0 Å². The van der Waals surface area contributed by atoms with Crippen LogP contribution in [0.1, 0.15) is 27.4 Å². The Bertz CT molecular complexity index is 580. The van der Waals surface area contributed by atoms with Gasteiger partial charge in [-0.15, -0.1) is 0 Å². The summed E-state index contributed by atoms with van der Waals surface area (Å²) in [6.07, 6.45) is 0. The summed E-state index contributed by atoms with van der Waals surface area (Å²) in [6, 6.07) is 6.66. The number of carbonyl (C=O) groups excluding carboxylic acids is 1. The van der Waals surface area contributed by atoms with E-state index in [2.05, 4.69) is 0 Å². The van der Waals surface area contributed by atoms with E-state index in [1.807, 2.05) is 13.8 Å². The van der Waals surface area contributed by atoms with Crippen molar-refractivity contribution in [3.8, 4) is 5.75 Å². The van der Waals surface area contributed by atoms with Crippen LogP contribution < -0.4 is 10.5 Å². The highest BCUT2D eigenvalue weighted by molar-refractivity contribution is 6.09. The number of nitrogen functional groups attached to an aromatic ring is 1. The van der Waals surface area contributed by atoms with E-state index in [0.29, 0.717) is 22.8 Å². The van der Waals surface area contributed by atoms with E-state index in [9.17, 15) is 4.79 Å². The molecule has 94 valence electrons. The van der Waals surface area contributed by atoms with Gasteiger partial charge in [0.15, 0.2) is 5.76 Å². The first kappa shape index (κ1) is 12.2. The fourth-order valence-electron chi connectivity index (χ4n) is 1.71. The summed E-state index contributed by atoms with van der Waals surface area (Å²) in [5, 5.41) is 0. The molecule has 1 aromatic heterocycles. The Balaban J connectivity index is 2.45. The molecule has 0 aliphatic heterocycles. The summed E-state index contributed by atoms with van der Waals surface area (Å²) in [4.78, 5) is 12.3. The molecule has 1 aromatic carbocycles. The van der Waals surface area contributed by atoms with Crippen molar-refractivity contribution in [1.29, 1.82) is 0 Å². The molecule has 0 atom stereocenters. The Morgan fingerprint density at radius 2 is 2.00 bits per heavy atom. The molecule has 0 fully saturated rings. The van der Waals surface area contributed by atoms with E-state index >= 15 is 0 Å². The molecule has 4 nitrogen and oxygen atoms in total. The Kier molecular flexibility index (Phi) is 3.10. The normalized spacial score (nSPS) is 10.4. The smallest absolute Gasteiger partial charge is 0.231 e. The second-order valence-corrected chi connectivity index (χ2v) is 4.14. The molecule has 2 aromatic rings. The average molecular weight is 245 g/mol. The molecule has 0 aliphatic carbocycles. The lowest BCUT2D eigenvalue weighted by molar-refractivity contribution is 0.100. The third-order valence-electron chi connectivity index (χ3n) is 2.86. The van der Waals surface area contributed by atoms with Crippen molar-refractivity contribution in [1.82, 2.24) is 0 Å². The summed E-state index contributed by atoms with van der Waals surface area (Å²) >= 11 is 0. The van der Waals surface area contributed by atoms with Crippen LogP contribution in [0.15, 0.2) is 28.7 Å². The standard InChI is InChI=1S/C14H15NO3/c1-8-6-13(18-9(8)2)14(16)11-5-4-10(15)7-12(11)17-3/h4-7H,15H2,1-3H3. The van der Waals surface area contributed by atoms with Crippen molar-refractivity contribution in [3.05, 3.63) is 46.9 Å². The fourth-order valence-corrected chi connectivity index (χ4v) is 1.71. The third kappa shape index (κ3) is 2.09. The Hall–Kier alpha value is -2.23. The van der Waals surface area contributed by atoms with Gasteiger partial charge in [-0.1, -0.05) is 0 Å². The lowest BCUT2D eigenvalue weighted by atomic mass is 10.1. The number of carbonyl (C=O) groups is 1. The van der Waals surface area contributed by atoms with Gasteiger partial charge in [-0.3, -0.25) is 4.79 Å². The van der Waals surface area contributed by atoms with Crippen molar-refractivity contribution in [2.45, 2.75) is 13.8 Å². The van der Waals surface area contributed by atoms with Crippen molar-refractivity contribution in [2.75, 3.05) is 12.8 Å². The zero-order valence-electron chi connectivity index (χ0n) is 10.6. The average Bonchev–Trinajstić information content (AvgIpc) is 2.68. The minimum Gasteiger partial charge on any atom is -0.496 e. The van der Waals surface area contributed by atoms with Crippen molar-refractivity contribution >= 4 is 11.5 Å². The molecule has 4 heteroatoms. The third-order valence-corrected chi connectivity index (χ3v) is 2.86. The van der Waals surface area contributed by atoms with Crippen molar-refractivity contribution in [3.63, 3.8) is 0 Å². The van der Waals surface area contributed by atoms with Crippen LogP contribution in [0.4, 0.5) is 5.69 Å². The predicted molar refractivity (Wildman–Crippen MR) is 69.0 cm³/mol. The maximum Gasteiger partial charge on any atom is 0.231 e. The van der Waals surface area contributed by atoms with Crippen LogP contribution in [0.3, 0.4) is 0 Å². The second kappa shape index (κ2) is 4.56. The Labute approximate surface area is 105 Å². The number of hydrogen-bond acceptors (Lipinski definition) is 4. The van der Waals surface area contributed by atoms with E-state index in [0.717, 1.165) is 11.3 Å². The van der Waals surface area contributed by atoms with E-state index in [1.54, 1.807) is 24.3 Å². The first-order valence-electron chi connectivity index (χ1n) is 5.58. The number of anilines is 1. The molecule has 1 heterocycles. The summed E-state index contributed by atoms with van der Waals surface area (Å²) in [5.41, 5.74) is 7.60. The lowest BCUT2D eigenvalue weighted by Gasteiger charge is -2.06. The number of rotatable bonds is 3. The van der Waals surface area contributed by atoms with Gasteiger partial charge < -0.3 is 14.9 Å². The molecule has 0 amide bonds. The first-order chi connectivity index (χ1) is 8.52. The zero-order chi connectivity index (χ0) is 13.3. The first-order valence-corrected chi connectivity index (χ1v) is 5.58. The monoisotopic (exact) mass is 245 g/mol. The predicted octanol–water partition coefficient (Wildman–Crippen LogP) is 2.72. The highest BCUT2D eigenvalue weighted by Gasteiger charge is 2.18. The van der Waals surface area contributed by atoms with Crippen LogP contribution in [0.5, 0.6) is 5.75 Å². The number of nitrogens with two attached hydrogens (primary N) is 1. The summed E-state index contributed by atoms with van der Waals surface area (Å²) < 4.78 is 10.6. The van der Waals surface area contributed by atoms with E-state index in [-0.39, 0.29) is 5.78 Å². The number of methoxy groups -OCH3 is 1. The van der Waals surface area contributed by atoms with Gasteiger partial charge in [0.2, 0.25) is 5.78 Å². The number of furan rings is 1. The van der Waals surface area contributed by atoms with Gasteiger partial charge >= 0.3 is 0 Å². The van der Waals surface area contributed by atoms with Gasteiger partial charge in [0.25, 0.3) is 0 Å². The number of ether oxygens (including phenoxy) is 1. The molecule has 18 heavy (non-hydrogen) atoms. The zero-order valence-corrected chi connectivity index (χ0v) is 10.6.